The fraction of sp³-hybridized carbons (Fsp3) is 0.333. The van der Waals surface area contributed by atoms with Crippen LogP contribution in [0.3, 0.4) is 0 Å². The summed E-state index contributed by atoms with van der Waals surface area (Å²) in [6, 6.07) is 6.10. The maximum atomic E-state index is 11.5. The van der Waals surface area contributed by atoms with Gasteiger partial charge in [0.05, 0.1) is 11.1 Å². The minimum atomic E-state index is -0.520. The molecular formula is C12H18Cl2N2O4. The molecule has 0 aromatic heterocycles. The zero-order valence-electron chi connectivity index (χ0n) is 10.7. The van der Waals surface area contributed by atoms with Gasteiger partial charge >= 0.3 is 11.9 Å². The molecule has 1 aromatic rings. The summed E-state index contributed by atoms with van der Waals surface area (Å²) in [5, 5.41) is 0. The van der Waals surface area contributed by atoms with Gasteiger partial charge in [-0.2, -0.15) is 0 Å². The molecule has 0 aliphatic heterocycles. The fourth-order valence-electron chi connectivity index (χ4n) is 1.24. The third-order valence-corrected chi connectivity index (χ3v) is 2.04. The SMILES string of the molecule is Cl.Cl.NCCOC(=O)c1cccc(C(=O)OCCN)c1. The largest absolute Gasteiger partial charge is 0.461 e. The van der Waals surface area contributed by atoms with Crippen LogP contribution >= 0.6 is 24.8 Å². The molecule has 0 unspecified atom stereocenters. The average molecular weight is 325 g/mol. The highest BCUT2D eigenvalue weighted by Crippen LogP contribution is 2.08. The number of hydrogen-bond donors (Lipinski definition) is 2. The highest BCUT2D eigenvalue weighted by Gasteiger charge is 2.11. The van der Waals surface area contributed by atoms with Crippen LogP contribution in [0.5, 0.6) is 0 Å². The van der Waals surface area contributed by atoms with Gasteiger partial charge in [-0.15, -0.1) is 24.8 Å². The molecule has 1 rings (SSSR count). The first-order chi connectivity index (χ1) is 8.69. The predicted octanol–water partition coefficient (Wildman–Crippen LogP) is 0.761. The summed E-state index contributed by atoms with van der Waals surface area (Å²) < 4.78 is 9.71. The molecule has 0 radical (unpaired) electrons. The van der Waals surface area contributed by atoms with Crippen molar-refractivity contribution in [3.63, 3.8) is 0 Å². The quantitative estimate of drug-likeness (QED) is 0.748. The number of benzene rings is 1. The highest BCUT2D eigenvalue weighted by molar-refractivity contribution is 5.95. The van der Waals surface area contributed by atoms with Gasteiger partial charge in [-0.1, -0.05) is 6.07 Å². The van der Waals surface area contributed by atoms with E-state index in [2.05, 4.69) is 0 Å². The third kappa shape index (κ3) is 6.72. The molecule has 0 saturated heterocycles. The second-order valence-corrected chi connectivity index (χ2v) is 3.43. The molecule has 0 amide bonds. The predicted molar refractivity (Wildman–Crippen MR) is 79.6 cm³/mol. The summed E-state index contributed by atoms with van der Waals surface area (Å²) in [7, 11) is 0. The topological polar surface area (TPSA) is 105 Å². The van der Waals surface area contributed by atoms with E-state index in [9.17, 15) is 9.59 Å². The number of nitrogens with two attached hydrogens (primary N) is 2. The molecule has 0 aliphatic rings. The zero-order valence-corrected chi connectivity index (χ0v) is 12.4. The van der Waals surface area contributed by atoms with E-state index in [0.29, 0.717) is 0 Å². The Labute approximate surface area is 129 Å². The smallest absolute Gasteiger partial charge is 0.338 e. The van der Waals surface area contributed by atoms with Gasteiger partial charge in [-0.05, 0) is 18.2 Å². The lowest BCUT2D eigenvalue weighted by molar-refractivity contribution is 0.0515. The Balaban J connectivity index is 0. The van der Waals surface area contributed by atoms with Crippen molar-refractivity contribution in [3.8, 4) is 0 Å². The Morgan fingerprint density at radius 2 is 1.30 bits per heavy atom. The molecule has 0 fully saturated rings. The Morgan fingerprint density at radius 1 is 0.900 bits per heavy atom. The second kappa shape index (κ2) is 11.5. The molecule has 114 valence electrons. The molecular weight excluding hydrogens is 307 g/mol. The van der Waals surface area contributed by atoms with Gasteiger partial charge in [0.2, 0.25) is 0 Å². The number of halogens is 2. The lowest BCUT2D eigenvalue weighted by Gasteiger charge is -2.06. The van der Waals surface area contributed by atoms with Crippen molar-refractivity contribution in [2.75, 3.05) is 26.3 Å². The first-order valence-corrected chi connectivity index (χ1v) is 5.53. The van der Waals surface area contributed by atoms with Crippen LogP contribution in [0.2, 0.25) is 0 Å². The zero-order chi connectivity index (χ0) is 13.4. The molecule has 0 heterocycles. The molecule has 0 aliphatic carbocycles. The number of esters is 2. The number of carbonyl (C=O) groups is 2. The summed E-state index contributed by atoms with van der Waals surface area (Å²) >= 11 is 0. The lowest BCUT2D eigenvalue weighted by atomic mass is 10.1. The van der Waals surface area contributed by atoms with Gasteiger partial charge in [-0.25, -0.2) is 9.59 Å². The molecule has 8 heteroatoms. The maximum Gasteiger partial charge on any atom is 0.338 e. The van der Waals surface area contributed by atoms with Crippen molar-refractivity contribution >= 4 is 36.8 Å². The Morgan fingerprint density at radius 3 is 1.65 bits per heavy atom. The average Bonchev–Trinajstić information content (AvgIpc) is 2.42. The van der Waals surface area contributed by atoms with Crippen LogP contribution in [0.15, 0.2) is 24.3 Å². The van der Waals surface area contributed by atoms with Crippen LogP contribution in [0.1, 0.15) is 20.7 Å². The highest BCUT2D eigenvalue weighted by atomic mass is 35.5. The van der Waals surface area contributed by atoms with Crippen molar-refractivity contribution in [2.45, 2.75) is 0 Å². The van der Waals surface area contributed by atoms with Crippen molar-refractivity contribution in [3.05, 3.63) is 35.4 Å². The molecule has 0 atom stereocenters. The third-order valence-electron chi connectivity index (χ3n) is 2.04. The second-order valence-electron chi connectivity index (χ2n) is 3.43. The van der Waals surface area contributed by atoms with Crippen molar-refractivity contribution in [1.29, 1.82) is 0 Å². The standard InChI is InChI=1S/C12H16N2O4.2ClH/c13-4-6-17-11(15)9-2-1-3-10(8-9)12(16)18-7-5-14;;/h1-3,8H,4-7,13-14H2;2*1H. The van der Waals surface area contributed by atoms with Gasteiger partial charge in [0, 0.05) is 13.1 Å². The number of ether oxygens (including phenoxy) is 2. The summed E-state index contributed by atoms with van der Waals surface area (Å²) in [6.45, 7) is 0.787. The molecule has 0 saturated carbocycles. The first-order valence-electron chi connectivity index (χ1n) is 5.53. The van der Waals surface area contributed by atoms with Gasteiger partial charge in [-0.3, -0.25) is 0 Å². The summed E-state index contributed by atoms with van der Waals surface area (Å²) in [4.78, 5) is 23.1. The van der Waals surface area contributed by atoms with E-state index < -0.39 is 11.9 Å². The Kier molecular flexibility index (Phi) is 12.0. The van der Waals surface area contributed by atoms with Crippen LogP contribution < -0.4 is 11.5 Å². The van der Waals surface area contributed by atoms with Gasteiger partial charge in [0.25, 0.3) is 0 Å². The van der Waals surface area contributed by atoms with E-state index in [1.165, 1.54) is 6.07 Å². The molecule has 4 N–H and O–H groups in total. The Hall–Kier alpha value is -1.34. The number of rotatable bonds is 6. The molecule has 0 spiro atoms. The van der Waals surface area contributed by atoms with Crippen molar-refractivity contribution < 1.29 is 19.1 Å². The maximum absolute atomic E-state index is 11.5. The Bertz CT molecular complexity index is 394. The summed E-state index contributed by atoms with van der Waals surface area (Å²) in [6.07, 6.45) is 0. The van der Waals surface area contributed by atoms with E-state index in [4.69, 9.17) is 20.9 Å². The van der Waals surface area contributed by atoms with Crippen LogP contribution in [0.4, 0.5) is 0 Å². The molecule has 6 nitrogen and oxygen atoms in total. The van der Waals surface area contributed by atoms with Crippen LogP contribution in [0.25, 0.3) is 0 Å². The van der Waals surface area contributed by atoms with E-state index >= 15 is 0 Å². The number of hydrogen-bond acceptors (Lipinski definition) is 6. The molecule has 0 bridgehead atoms. The van der Waals surface area contributed by atoms with Crippen LogP contribution in [-0.4, -0.2) is 38.2 Å². The van der Waals surface area contributed by atoms with Gasteiger partial charge in [0.15, 0.2) is 0 Å². The fourth-order valence-corrected chi connectivity index (χ4v) is 1.24. The first kappa shape index (κ1) is 21.0. The van der Waals surface area contributed by atoms with E-state index in [0.717, 1.165) is 0 Å². The molecule has 1 aromatic carbocycles. The minimum Gasteiger partial charge on any atom is -0.461 e. The summed E-state index contributed by atoms with van der Waals surface area (Å²) in [5.74, 6) is -1.04. The van der Waals surface area contributed by atoms with Crippen molar-refractivity contribution in [2.24, 2.45) is 11.5 Å². The van der Waals surface area contributed by atoms with E-state index in [-0.39, 0.29) is 62.2 Å². The lowest BCUT2D eigenvalue weighted by Crippen LogP contribution is -2.15. The normalized spacial score (nSPS) is 8.90. The van der Waals surface area contributed by atoms with Crippen LogP contribution in [0, 0.1) is 0 Å². The van der Waals surface area contributed by atoms with E-state index in [1.54, 1.807) is 18.2 Å². The monoisotopic (exact) mass is 324 g/mol. The van der Waals surface area contributed by atoms with Gasteiger partial charge in [0.1, 0.15) is 13.2 Å². The van der Waals surface area contributed by atoms with Crippen LogP contribution in [-0.2, 0) is 9.47 Å². The van der Waals surface area contributed by atoms with Gasteiger partial charge < -0.3 is 20.9 Å². The van der Waals surface area contributed by atoms with E-state index in [1.807, 2.05) is 0 Å². The summed E-state index contributed by atoms with van der Waals surface area (Å²) in [5.41, 5.74) is 11.0. The molecule has 20 heavy (non-hydrogen) atoms. The minimum absolute atomic E-state index is 0. The van der Waals surface area contributed by atoms with Crippen molar-refractivity contribution in [1.82, 2.24) is 0 Å². The number of carbonyl (C=O) groups excluding carboxylic acids is 2.